The molecule has 0 aliphatic carbocycles. The molecule has 2 aromatic carbocycles. The van der Waals surface area contributed by atoms with Gasteiger partial charge in [-0.05, 0) is 42.3 Å². The zero-order valence-corrected chi connectivity index (χ0v) is 19.6. The van der Waals surface area contributed by atoms with Gasteiger partial charge in [0, 0.05) is 5.02 Å². The van der Waals surface area contributed by atoms with Crippen LogP contribution in [0.5, 0.6) is 0 Å². The number of halogens is 1. The molecule has 1 aliphatic rings. The molecule has 0 spiro atoms. The van der Waals surface area contributed by atoms with Crippen LogP contribution >= 0.6 is 22.9 Å². The normalized spacial score (nSPS) is 15.6. The van der Waals surface area contributed by atoms with Gasteiger partial charge >= 0.3 is 11.9 Å². The van der Waals surface area contributed by atoms with Gasteiger partial charge in [-0.15, -0.1) is 0 Å². The molecule has 1 aliphatic heterocycles. The summed E-state index contributed by atoms with van der Waals surface area (Å²) < 4.78 is 11.7. The Hall–Kier alpha value is -3.49. The lowest BCUT2D eigenvalue weighted by molar-refractivity contribution is -0.136. The van der Waals surface area contributed by atoms with E-state index in [2.05, 4.69) is 4.99 Å². The minimum atomic E-state index is -0.770. The molecule has 0 fully saturated rings. The number of nitrogens with zero attached hydrogens (tertiary/aromatic N) is 2. The van der Waals surface area contributed by atoms with Gasteiger partial charge in [0.15, 0.2) is 4.80 Å². The number of allylic oxidation sites excluding steroid dienone is 1. The summed E-state index contributed by atoms with van der Waals surface area (Å²) in [7, 11) is 2.58. The van der Waals surface area contributed by atoms with Crippen molar-refractivity contribution in [3.63, 3.8) is 0 Å². The minimum Gasteiger partial charge on any atom is -0.466 e. The highest BCUT2D eigenvalue weighted by Crippen LogP contribution is 2.30. The predicted molar refractivity (Wildman–Crippen MR) is 125 cm³/mol. The molecule has 0 saturated carbocycles. The van der Waals surface area contributed by atoms with Gasteiger partial charge in [0.05, 0.1) is 41.6 Å². The summed E-state index contributed by atoms with van der Waals surface area (Å²) in [6.45, 7) is 1.70. The van der Waals surface area contributed by atoms with Crippen molar-refractivity contribution in [3.05, 3.63) is 101 Å². The fourth-order valence-electron chi connectivity index (χ4n) is 3.66. The molecule has 1 unspecified atom stereocenters. The Balaban J connectivity index is 1.95. The van der Waals surface area contributed by atoms with E-state index in [9.17, 15) is 14.4 Å². The van der Waals surface area contributed by atoms with Crippen molar-refractivity contribution in [3.8, 4) is 0 Å². The molecule has 0 bridgehead atoms. The highest BCUT2D eigenvalue weighted by atomic mass is 35.5. The predicted octanol–water partition coefficient (Wildman–Crippen LogP) is 2.85. The summed E-state index contributed by atoms with van der Waals surface area (Å²) in [5.74, 6) is -1.07. The number of methoxy groups -OCH3 is 2. The topological polar surface area (TPSA) is 87.0 Å². The number of benzene rings is 2. The second-order valence-electron chi connectivity index (χ2n) is 7.21. The number of fused-ring (bicyclic) bond motifs is 1. The Morgan fingerprint density at radius 2 is 1.73 bits per heavy atom. The van der Waals surface area contributed by atoms with Crippen LogP contribution in [-0.4, -0.2) is 30.7 Å². The Labute approximate surface area is 197 Å². The monoisotopic (exact) mass is 482 g/mol. The van der Waals surface area contributed by atoms with Gasteiger partial charge in [-0.1, -0.05) is 53.3 Å². The molecule has 2 heterocycles. The van der Waals surface area contributed by atoms with E-state index in [0.717, 1.165) is 0 Å². The number of carbonyl (C=O) groups is 2. The average molecular weight is 483 g/mol. The molecule has 0 radical (unpaired) electrons. The van der Waals surface area contributed by atoms with E-state index in [1.54, 1.807) is 43.3 Å². The SMILES string of the molecule is COC(=O)C1=C(C)N=c2sc(=Cc3ccccc3Cl)c(=O)n2C1c1ccc(C(=O)OC)cc1. The standard InChI is InChI=1S/C24H19ClN2O5S/c1-13-19(23(30)32-3)20(14-8-10-15(11-9-14)22(29)31-2)27-21(28)18(33-24(27)26-13)12-16-6-4-5-7-17(16)25/h4-12,20H,1-3H3. The molecular formula is C24H19ClN2O5S. The average Bonchev–Trinajstić information content (AvgIpc) is 3.13. The van der Waals surface area contributed by atoms with Crippen LogP contribution in [0.15, 0.2) is 69.6 Å². The van der Waals surface area contributed by atoms with E-state index in [1.165, 1.54) is 30.1 Å². The highest BCUT2D eigenvalue weighted by molar-refractivity contribution is 7.07. The van der Waals surface area contributed by atoms with Crippen LogP contribution in [-0.2, 0) is 14.3 Å². The summed E-state index contributed by atoms with van der Waals surface area (Å²) >= 11 is 7.48. The number of thiazole rings is 1. The second kappa shape index (κ2) is 9.17. The van der Waals surface area contributed by atoms with Gasteiger partial charge in [0.25, 0.3) is 5.56 Å². The molecule has 0 saturated heterocycles. The maximum Gasteiger partial charge on any atom is 0.338 e. The number of ether oxygens (including phenoxy) is 2. The summed E-state index contributed by atoms with van der Waals surface area (Å²) in [4.78, 5) is 43.0. The number of hydrogen-bond donors (Lipinski definition) is 0. The molecular weight excluding hydrogens is 464 g/mol. The highest BCUT2D eigenvalue weighted by Gasteiger charge is 2.33. The number of esters is 2. The summed E-state index contributed by atoms with van der Waals surface area (Å²) in [5.41, 5.74) is 2.08. The van der Waals surface area contributed by atoms with Crippen LogP contribution in [0.2, 0.25) is 5.02 Å². The molecule has 168 valence electrons. The first-order chi connectivity index (χ1) is 15.8. The van der Waals surface area contributed by atoms with Crippen LogP contribution in [0, 0.1) is 0 Å². The summed E-state index contributed by atoms with van der Waals surface area (Å²) in [5, 5.41) is 0.518. The van der Waals surface area contributed by atoms with E-state index >= 15 is 0 Å². The lowest BCUT2D eigenvalue weighted by atomic mass is 9.95. The molecule has 3 aromatic rings. The van der Waals surface area contributed by atoms with Gasteiger partial charge in [0.2, 0.25) is 0 Å². The zero-order chi connectivity index (χ0) is 23.7. The molecule has 1 aromatic heterocycles. The minimum absolute atomic E-state index is 0.250. The first-order valence-electron chi connectivity index (χ1n) is 9.89. The first-order valence-corrected chi connectivity index (χ1v) is 11.1. The molecule has 9 heteroatoms. The van der Waals surface area contributed by atoms with Crippen LogP contribution in [0.4, 0.5) is 0 Å². The number of hydrogen-bond acceptors (Lipinski definition) is 7. The maximum atomic E-state index is 13.5. The zero-order valence-electron chi connectivity index (χ0n) is 18.0. The molecule has 4 rings (SSSR count). The van der Waals surface area contributed by atoms with E-state index in [0.29, 0.717) is 36.7 Å². The summed E-state index contributed by atoms with van der Waals surface area (Å²) in [6.07, 6.45) is 1.71. The first kappa shape index (κ1) is 22.7. The van der Waals surface area contributed by atoms with Crippen LogP contribution in [0.3, 0.4) is 0 Å². The Kier molecular flexibility index (Phi) is 6.31. The van der Waals surface area contributed by atoms with Crippen molar-refractivity contribution in [1.29, 1.82) is 0 Å². The van der Waals surface area contributed by atoms with Crippen molar-refractivity contribution in [2.45, 2.75) is 13.0 Å². The van der Waals surface area contributed by atoms with Gasteiger partial charge in [-0.25, -0.2) is 14.6 Å². The fraction of sp³-hybridized carbons (Fsp3) is 0.167. The second-order valence-corrected chi connectivity index (χ2v) is 8.62. The van der Waals surface area contributed by atoms with Crippen molar-refractivity contribution in [2.75, 3.05) is 14.2 Å². The lowest BCUT2D eigenvalue weighted by Gasteiger charge is -2.24. The van der Waals surface area contributed by atoms with Crippen molar-refractivity contribution >= 4 is 41.0 Å². The Morgan fingerprint density at radius 1 is 1.06 bits per heavy atom. The largest absolute Gasteiger partial charge is 0.466 e. The van der Waals surface area contributed by atoms with Gasteiger partial charge in [-0.2, -0.15) is 0 Å². The fourth-order valence-corrected chi connectivity index (χ4v) is 4.89. The third-order valence-electron chi connectivity index (χ3n) is 5.27. The van der Waals surface area contributed by atoms with E-state index in [-0.39, 0.29) is 11.1 Å². The number of rotatable bonds is 4. The lowest BCUT2D eigenvalue weighted by Crippen LogP contribution is -2.39. The van der Waals surface area contributed by atoms with Crippen molar-refractivity contribution in [2.24, 2.45) is 4.99 Å². The number of aromatic nitrogens is 1. The Morgan fingerprint density at radius 3 is 2.36 bits per heavy atom. The van der Waals surface area contributed by atoms with Gasteiger partial charge in [0.1, 0.15) is 0 Å². The van der Waals surface area contributed by atoms with Gasteiger partial charge < -0.3 is 9.47 Å². The molecule has 33 heavy (non-hydrogen) atoms. The molecule has 1 atom stereocenters. The van der Waals surface area contributed by atoms with Gasteiger partial charge in [-0.3, -0.25) is 9.36 Å². The molecule has 7 nitrogen and oxygen atoms in total. The smallest absolute Gasteiger partial charge is 0.338 e. The van der Waals surface area contributed by atoms with Crippen LogP contribution < -0.4 is 14.9 Å². The third kappa shape index (κ3) is 4.15. The summed E-state index contributed by atoms with van der Waals surface area (Å²) in [6, 6.07) is 13.0. The Bertz CT molecular complexity index is 1470. The van der Waals surface area contributed by atoms with Crippen LogP contribution in [0.1, 0.15) is 34.5 Å². The van der Waals surface area contributed by atoms with E-state index in [1.807, 2.05) is 18.2 Å². The van der Waals surface area contributed by atoms with E-state index in [4.69, 9.17) is 21.1 Å². The molecule has 0 amide bonds. The third-order valence-corrected chi connectivity index (χ3v) is 6.59. The molecule has 0 N–H and O–H groups in total. The van der Waals surface area contributed by atoms with Crippen LogP contribution in [0.25, 0.3) is 6.08 Å². The number of carbonyl (C=O) groups excluding carboxylic acids is 2. The maximum absolute atomic E-state index is 13.5. The quantitative estimate of drug-likeness (QED) is 0.534. The van der Waals surface area contributed by atoms with E-state index < -0.39 is 18.0 Å². The van der Waals surface area contributed by atoms with Crippen molar-refractivity contribution < 1.29 is 19.1 Å². The van der Waals surface area contributed by atoms with Crippen molar-refractivity contribution in [1.82, 2.24) is 4.57 Å².